The highest BCUT2D eigenvalue weighted by molar-refractivity contribution is 6.43. The maximum absolute atomic E-state index is 8.45. The summed E-state index contributed by atoms with van der Waals surface area (Å²) in [6.45, 7) is 0. The van der Waals surface area contributed by atoms with Gasteiger partial charge in [0, 0.05) is 0 Å². The Balaban J connectivity index is 0.000000200. The first kappa shape index (κ1) is 16.6. The summed E-state index contributed by atoms with van der Waals surface area (Å²) in [5.41, 5.74) is 0.823. The van der Waals surface area contributed by atoms with Gasteiger partial charge in [-0.15, -0.1) is 0 Å². The zero-order valence-electron chi connectivity index (χ0n) is 9.87. The normalized spacial score (nSPS) is 8.90. The molecule has 0 aromatic heterocycles. The van der Waals surface area contributed by atoms with Crippen LogP contribution in [0, 0.1) is 22.7 Å². The highest BCUT2D eigenvalue weighted by atomic mass is 35.5. The molecule has 2 aromatic carbocycles. The van der Waals surface area contributed by atoms with Gasteiger partial charge >= 0.3 is 0 Å². The van der Waals surface area contributed by atoms with Crippen LogP contribution in [0.4, 0.5) is 0 Å². The molecule has 0 unspecified atom stereocenters. The van der Waals surface area contributed by atoms with Gasteiger partial charge < -0.3 is 0 Å². The third-order valence-corrected chi connectivity index (χ3v) is 3.78. The van der Waals surface area contributed by atoms with Gasteiger partial charge in [0.15, 0.2) is 0 Å². The van der Waals surface area contributed by atoms with Gasteiger partial charge in [0.25, 0.3) is 0 Å². The number of rotatable bonds is 0. The molecule has 2 aromatic rings. The number of hydrogen-bond acceptors (Lipinski definition) is 2. The van der Waals surface area contributed by atoms with Crippen LogP contribution in [0.1, 0.15) is 11.1 Å². The molecular weight excluding hydrogens is 338 g/mol. The fraction of sp³-hybridized carbons (Fsp3) is 0. The van der Waals surface area contributed by atoms with Crippen LogP contribution in [0.15, 0.2) is 36.4 Å². The fourth-order valence-corrected chi connectivity index (χ4v) is 1.87. The summed E-state index contributed by atoms with van der Waals surface area (Å²) in [6, 6.07) is 13.7. The van der Waals surface area contributed by atoms with Gasteiger partial charge in [0.05, 0.1) is 31.2 Å². The second-order valence-electron chi connectivity index (χ2n) is 3.43. The maximum atomic E-state index is 8.45. The van der Waals surface area contributed by atoms with Gasteiger partial charge in [0.2, 0.25) is 0 Å². The van der Waals surface area contributed by atoms with Crippen molar-refractivity contribution in [1.29, 1.82) is 10.5 Å². The van der Waals surface area contributed by atoms with Crippen LogP contribution < -0.4 is 0 Å². The van der Waals surface area contributed by atoms with E-state index < -0.39 is 0 Å². The fourth-order valence-electron chi connectivity index (χ4n) is 1.18. The topological polar surface area (TPSA) is 47.6 Å². The molecule has 0 aliphatic carbocycles. The van der Waals surface area contributed by atoms with Crippen molar-refractivity contribution in [2.45, 2.75) is 0 Å². The van der Waals surface area contributed by atoms with E-state index in [2.05, 4.69) is 0 Å². The predicted molar refractivity (Wildman–Crippen MR) is 82.4 cm³/mol. The van der Waals surface area contributed by atoms with Gasteiger partial charge in [-0.1, -0.05) is 58.5 Å². The van der Waals surface area contributed by atoms with E-state index >= 15 is 0 Å². The van der Waals surface area contributed by atoms with Crippen molar-refractivity contribution in [1.82, 2.24) is 0 Å². The molecule has 0 amide bonds. The molecule has 100 valence electrons. The molecule has 0 heterocycles. The first-order valence-corrected chi connectivity index (χ1v) is 6.70. The predicted octanol–water partition coefficient (Wildman–Crippen LogP) is 5.73. The number of benzene rings is 2. The average molecular weight is 344 g/mol. The van der Waals surface area contributed by atoms with E-state index in [0.29, 0.717) is 31.2 Å². The van der Waals surface area contributed by atoms with E-state index in [1.165, 1.54) is 0 Å². The molecule has 0 atom stereocenters. The summed E-state index contributed by atoms with van der Waals surface area (Å²) in [4.78, 5) is 0. The van der Waals surface area contributed by atoms with E-state index in [-0.39, 0.29) is 0 Å². The molecule has 6 heteroatoms. The van der Waals surface area contributed by atoms with E-state index in [9.17, 15) is 0 Å². The minimum atomic E-state index is 0.326. The quantitative estimate of drug-likeness (QED) is 0.613. The number of nitrogens with zero attached hydrogens (tertiary/aromatic N) is 2. The number of nitriles is 2. The lowest BCUT2D eigenvalue weighted by molar-refractivity contribution is 1.48. The Morgan fingerprint density at radius 3 is 1.25 bits per heavy atom. The Morgan fingerprint density at radius 2 is 1.00 bits per heavy atom. The van der Waals surface area contributed by atoms with Gasteiger partial charge in [0.1, 0.15) is 12.1 Å². The Kier molecular flexibility index (Phi) is 6.65. The number of hydrogen-bond donors (Lipinski definition) is 0. The van der Waals surface area contributed by atoms with E-state index in [1.807, 2.05) is 12.1 Å². The smallest absolute Gasteiger partial charge is 0.101 e. The van der Waals surface area contributed by atoms with Crippen molar-refractivity contribution in [2.75, 3.05) is 0 Å². The van der Waals surface area contributed by atoms with E-state index in [0.717, 1.165) is 0 Å². The molecule has 2 nitrogen and oxygen atoms in total. The highest BCUT2D eigenvalue weighted by Gasteiger charge is 2.01. The van der Waals surface area contributed by atoms with Crippen molar-refractivity contribution >= 4 is 46.4 Å². The second kappa shape index (κ2) is 8.00. The third-order valence-electron chi connectivity index (χ3n) is 2.14. The summed E-state index contributed by atoms with van der Waals surface area (Å²) >= 11 is 22.5. The van der Waals surface area contributed by atoms with Crippen molar-refractivity contribution in [2.24, 2.45) is 0 Å². The molecule has 2 rings (SSSR count). The van der Waals surface area contributed by atoms with E-state index in [4.69, 9.17) is 56.9 Å². The van der Waals surface area contributed by atoms with Crippen LogP contribution >= 0.6 is 46.4 Å². The molecule has 0 fully saturated rings. The number of halogens is 4. The van der Waals surface area contributed by atoms with Crippen molar-refractivity contribution < 1.29 is 0 Å². The molecule has 0 radical (unpaired) electrons. The molecule has 0 spiro atoms. The van der Waals surface area contributed by atoms with Crippen LogP contribution in [-0.4, -0.2) is 0 Å². The van der Waals surface area contributed by atoms with Gasteiger partial charge in [-0.3, -0.25) is 0 Å². The molecule has 0 bridgehead atoms. The zero-order chi connectivity index (χ0) is 15.1. The first-order valence-electron chi connectivity index (χ1n) is 5.19. The summed E-state index contributed by atoms with van der Waals surface area (Å²) in [5.74, 6) is 0. The van der Waals surface area contributed by atoms with Crippen LogP contribution in [-0.2, 0) is 0 Å². The van der Waals surface area contributed by atoms with Crippen molar-refractivity contribution in [3.05, 3.63) is 67.6 Å². The summed E-state index contributed by atoms with van der Waals surface area (Å²) < 4.78 is 0. The molecular formula is C14H6Cl4N2. The Labute approximate surface area is 136 Å². The highest BCUT2D eigenvalue weighted by Crippen LogP contribution is 2.25. The van der Waals surface area contributed by atoms with Crippen LogP contribution in [0.3, 0.4) is 0 Å². The Bertz CT molecular complexity index is 638. The van der Waals surface area contributed by atoms with Crippen LogP contribution in [0.25, 0.3) is 0 Å². The second-order valence-corrected chi connectivity index (χ2v) is 5.00. The monoisotopic (exact) mass is 342 g/mol. The minimum Gasteiger partial charge on any atom is -0.192 e. The largest absolute Gasteiger partial charge is 0.192 e. The van der Waals surface area contributed by atoms with Crippen molar-refractivity contribution in [3.63, 3.8) is 0 Å². The standard InChI is InChI=1S/2C7H3Cl2N/c2*8-6-3-1-2-5(4-10)7(6)9/h2*1-3H. The molecule has 0 N–H and O–H groups in total. The van der Waals surface area contributed by atoms with Gasteiger partial charge in [-0.05, 0) is 24.3 Å². The molecule has 0 aliphatic rings. The lowest BCUT2D eigenvalue weighted by Crippen LogP contribution is -1.75. The van der Waals surface area contributed by atoms with Gasteiger partial charge in [-0.2, -0.15) is 10.5 Å². The Hall–Kier alpha value is -1.42. The zero-order valence-corrected chi connectivity index (χ0v) is 12.9. The maximum Gasteiger partial charge on any atom is 0.101 e. The summed E-state index contributed by atoms with van der Waals surface area (Å²) in [5, 5.41) is 18.4. The minimum absolute atomic E-state index is 0.326. The first-order chi connectivity index (χ1) is 9.51. The van der Waals surface area contributed by atoms with Gasteiger partial charge in [-0.25, -0.2) is 0 Å². The lowest BCUT2D eigenvalue weighted by atomic mass is 10.2. The van der Waals surface area contributed by atoms with E-state index in [1.54, 1.807) is 36.4 Å². The summed E-state index contributed by atoms with van der Waals surface area (Å²) in [6.07, 6.45) is 0. The molecule has 0 saturated carbocycles. The van der Waals surface area contributed by atoms with Crippen LogP contribution in [0.5, 0.6) is 0 Å². The Morgan fingerprint density at radius 1 is 0.650 bits per heavy atom. The SMILES string of the molecule is N#Cc1cccc(Cl)c1Cl.N#Cc1cccc(Cl)c1Cl. The molecule has 0 saturated heterocycles. The molecule has 0 aliphatic heterocycles. The van der Waals surface area contributed by atoms with Crippen molar-refractivity contribution in [3.8, 4) is 12.1 Å². The summed E-state index contributed by atoms with van der Waals surface area (Å²) in [7, 11) is 0. The lowest BCUT2D eigenvalue weighted by Gasteiger charge is -1.94. The third kappa shape index (κ3) is 4.30. The molecule has 20 heavy (non-hydrogen) atoms. The average Bonchev–Trinajstić information content (AvgIpc) is 2.45. The van der Waals surface area contributed by atoms with Crippen LogP contribution in [0.2, 0.25) is 20.1 Å².